The molecule has 0 aromatic heterocycles. The van der Waals surface area contributed by atoms with Crippen LogP contribution in [0, 0.1) is 6.92 Å². The highest BCUT2D eigenvalue weighted by Gasteiger charge is 2.35. The van der Waals surface area contributed by atoms with E-state index in [1.165, 1.54) is 11.8 Å². The Morgan fingerprint density at radius 3 is 2.29 bits per heavy atom. The largest absolute Gasteiger partial charge is 0.454 e. The van der Waals surface area contributed by atoms with Gasteiger partial charge in [0.15, 0.2) is 11.5 Å². The van der Waals surface area contributed by atoms with Gasteiger partial charge in [-0.2, -0.15) is 0 Å². The van der Waals surface area contributed by atoms with Crippen molar-refractivity contribution in [3.8, 4) is 11.5 Å². The minimum absolute atomic E-state index is 0.0342. The van der Waals surface area contributed by atoms with Gasteiger partial charge < -0.3 is 19.7 Å². The van der Waals surface area contributed by atoms with E-state index in [-0.39, 0.29) is 37.1 Å². The molecular weight excluding hydrogens is 554 g/mol. The summed E-state index contributed by atoms with van der Waals surface area (Å²) in [6.45, 7) is 8.79. The molecule has 1 aliphatic rings. The number of hydrogen-bond acceptors (Lipinski definition) is 6. The summed E-state index contributed by atoms with van der Waals surface area (Å²) in [7, 11) is -3.89. The molecule has 10 heteroatoms. The van der Waals surface area contributed by atoms with E-state index in [4.69, 9.17) is 9.47 Å². The third kappa shape index (κ3) is 7.61. The van der Waals surface area contributed by atoms with Gasteiger partial charge in [0.25, 0.3) is 0 Å². The van der Waals surface area contributed by atoms with Crippen molar-refractivity contribution in [3.63, 3.8) is 0 Å². The van der Waals surface area contributed by atoms with Crippen LogP contribution >= 0.6 is 0 Å². The Balaban J connectivity index is 1.77. The van der Waals surface area contributed by atoms with Crippen LogP contribution in [0.1, 0.15) is 44.4 Å². The Bertz CT molecular complexity index is 1520. The first kappa shape index (κ1) is 30.9. The van der Waals surface area contributed by atoms with Gasteiger partial charge >= 0.3 is 0 Å². The summed E-state index contributed by atoms with van der Waals surface area (Å²) in [4.78, 5) is 29.7. The van der Waals surface area contributed by atoms with Crippen LogP contribution < -0.4 is 19.1 Å². The van der Waals surface area contributed by atoms with Gasteiger partial charge in [-0.1, -0.05) is 54.6 Å². The molecule has 0 aliphatic carbocycles. The summed E-state index contributed by atoms with van der Waals surface area (Å²) in [5.74, 6) is -0.134. The number of carbonyl (C=O) groups is 2. The molecule has 0 saturated carbocycles. The maximum Gasteiger partial charge on any atom is 0.244 e. The van der Waals surface area contributed by atoms with Crippen LogP contribution in [0.15, 0.2) is 72.8 Å². The molecule has 1 N–H and O–H groups in total. The van der Waals surface area contributed by atoms with Gasteiger partial charge in [-0.05, 0) is 63.4 Å². The molecule has 2 amide bonds. The van der Waals surface area contributed by atoms with Crippen molar-refractivity contribution in [2.75, 3.05) is 23.4 Å². The topological polar surface area (TPSA) is 105 Å². The smallest absolute Gasteiger partial charge is 0.244 e. The summed E-state index contributed by atoms with van der Waals surface area (Å²) in [6, 6.07) is 21.0. The van der Waals surface area contributed by atoms with Crippen LogP contribution in [-0.4, -0.2) is 55.8 Å². The Hall–Kier alpha value is -4.05. The van der Waals surface area contributed by atoms with E-state index in [0.29, 0.717) is 11.5 Å². The van der Waals surface area contributed by atoms with E-state index in [0.717, 1.165) is 21.0 Å². The first-order chi connectivity index (χ1) is 19.9. The second-order valence-electron chi connectivity index (χ2n) is 11.3. The zero-order valence-corrected chi connectivity index (χ0v) is 25.6. The normalized spacial score (nSPS) is 13.4. The lowest BCUT2D eigenvalue weighted by Gasteiger charge is -2.35. The first-order valence-corrected chi connectivity index (χ1v) is 15.6. The van der Waals surface area contributed by atoms with Crippen molar-refractivity contribution in [3.05, 3.63) is 89.5 Å². The fourth-order valence-corrected chi connectivity index (χ4v) is 5.79. The minimum Gasteiger partial charge on any atom is -0.454 e. The predicted octanol–water partition coefficient (Wildman–Crippen LogP) is 4.43. The molecule has 0 radical (unpaired) electrons. The molecule has 3 aromatic carbocycles. The number of anilines is 1. The second-order valence-corrected chi connectivity index (χ2v) is 13.5. The zero-order chi connectivity index (χ0) is 30.5. The summed E-state index contributed by atoms with van der Waals surface area (Å²) >= 11 is 0. The molecule has 42 heavy (non-hydrogen) atoms. The molecule has 0 spiro atoms. The summed E-state index contributed by atoms with van der Waals surface area (Å²) in [6.07, 6.45) is 0.255. The molecule has 0 fully saturated rings. The van der Waals surface area contributed by atoms with Crippen molar-refractivity contribution >= 4 is 27.5 Å². The van der Waals surface area contributed by atoms with Crippen LogP contribution in [0.5, 0.6) is 11.5 Å². The lowest BCUT2D eigenvalue weighted by atomic mass is 10.00. The van der Waals surface area contributed by atoms with Crippen LogP contribution in [0.25, 0.3) is 0 Å². The number of amides is 2. The lowest BCUT2D eigenvalue weighted by Crippen LogP contribution is -2.56. The first-order valence-electron chi connectivity index (χ1n) is 14.0. The number of aryl methyl sites for hydroxylation is 1. The quantitative estimate of drug-likeness (QED) is 0.353. The number of nitrogens with zero attached hydrogens (tertiary/aromatic N) is 2. The Labute approximate surface area is 248 Å². The molecule has 0 unspecified atom stereocenters. The van der Waals surface area contributed by atoms with E-state index < -0.39 is 34.1 Å². The Kier molecular flexibility index (Phi) is 9.46. The summed E-state index contributed by atoms with van der Waals surface area (Å²) in [5.41, 5.74) is 2.43. The van der Waals surface area contributed by atoms with Gasteiger partial charge in [-0.3, -0.25) is 13.9 Å². The molecule has 224 valence electrons. The van der Waals surface area contributed by atoms with E-state index in [1.54, 1.807) is 18.2 Å². The molecule has 4 rings (SSSR count). The SMILES string of the molecule is CCS(=O)(=O)N(CC(=O)N(Cc1ccccc1C)[C@H](Cc1ccccc1)C(=O)NC(C)(C)C)c1ccc2c(c1)OCO2. The second kappa shape index (κ2) is 12.9. The van der Waals surface area contributed by atoms with Crippen molar-refractivity contribution in [2.45, 2.75) is 59.2 Å². The average molecular weight is 594 g/mol. The van der Waals surface area contributed by atoms with Gasteiger partial charge in [0, 0.05) is 24.6 Å². The maximum atomic E-state index is 14.3. The van der Waals surface area contributed by atoms with E-state index in [1.807, 2.05) is 82.3 Å². The fraction of sp³-hybridized carbons (Fsp3) is 0.375. The number of sulfonamides is 1. The molecular formula is C32H39N3O6S. The number of carbonyl (C=O) groups excluding carboxylic acids is 2. The minimum atomic E-state index is -3.89. The average Bonchev–Trinajstić information content (AvgIpc) is 3.42. The molecule has 9 nitrogen and oxygen atoms in total. The van der Waals surface area contributed by atoms with Gasteiger partial charge in [-0.25, -0.2) is 8.42 Å². The van der Waals surface area contributed by atoms with Crippen molar-refractivity contribution in [2.24, 2.45) is 0 Å². The van der Waals surface area contributed by atoms with Gasteiger partial charge in [0.1, 0.15) is 12.6 Å². The molecule has 3 aromatic rings. The Morgan fingerprint density at radius 1 is 0.952 bits per heavy atom. The van der Waals surface area contributed by atoms with Crippen molar-refractivity contribution in [1.29, 1.82) is 0 Å². The molecule has 0 saturated heterocycles. The zero-order valence-electron chi connectivity index (χ0n) is 24.8. The molecule has 0 bridgehead atoms. The third-order valence-electron chi connectivity index (χ3n) is 6.99. The number of fused-ring (bicyclic) bond motifs is 1. The standard InChI is InChI=1S/C32H39N3O6S/c1-6-42(38,39)35(26-16-17-28-29(19-26)41-22-40-28)21-30(36)34(20-25-15-11-10-12-23(25)2)27(31(37)33-32(3,4)5)18-24-13-8-7-9-14-24/h7-17,19,27H,6,18,20-22H2,1-5H3,(H,33,37)/t27-/m1/s1. The van der Waals surface area contributed by atoms with E-state index in [2.05, 4.69) is 5.32 Å². The summed E-state index contributed by atoms with van der Waals surface area (Å²) < 4.78 is 38.7. The van der Waals surface area contributed by atoms with Crippen LogP contribution in [-0.2, 0) is 32.6 Å². The number of benzene rings is 3. The highest BCUT2D eigenvalue weighted by molar-refractivity contribution is 7.92. The summed E-state index contributed by atoms with van der Waals surface area (Å²) in [5, 5.41) is 3.03. The van der Waals surface area contributed by atoms with Crippen LogP contribution in [0.4, 0.5) is 5.69 Å². The molecule has 1 aliphatic heterocycles. The van der Waals surface area contributed by atoms with Gasteiger partial charge in [0.05, 0.1) is 11.4 Å². The number of hydrogen-bond donors (Lipinski definition) is 1. The predicted molar refractivity (Wildman–Crippen MR) is 163 cm³/mol. The number of ether oxygens (including phenoxy) is 2. The van der Waals surface area contributed by atoms with Crippen molar-refractivity contribution in [1.82, 2.24) is 10.2 Å². The van der Waals surface area contributed by atoms with Crippen molar-refractivity contribution < 1.29 is 27.5 Å². The maximum absolute atomic E-state index is 14.3. The van der Waals surface area contributed by atoms with Crippen LogP contribution in [0.3, 0.4) is 0 Å². The van der Waals surface area contributed by atoms with E-state index >= 15 is 0 Å². The third-order valence-corrected chi connectivity index (χ3v) is 8.74. The van der Waals surface area contributed by atoms with Gasteiger partial charge in [-0.15, -0.1) is 0 Å². The molecule has 1 atom stereocenters. The monoisotopic (exact) mass is 593 g/mol. The highest BCUT2D eigenvalue weighted by atomic mass is 32.2. The van der Waals surface area contributed by atoms with E-state index in [9.17, 15) is 18.0 Å². The number of nitrogens with one attached hydrogen (secondary N) is 1. The van der Waals surface area contributed by atoms with Crippen LogP contribution in [0.2, 0.25) is 0 Å². The molecule has 1 heterocycles. The Morgan fingerprint density at radius 2 is 1.62 bits per heavy atom. The van der Waals surface area contributed by atoms with Gasteiger partial charge in [0.2, 0.25) is 28.6 Å². The lowest BCUT2D eigenvalue weighted by molar-refractivity contribution is -0.140. The number of rotatable bonds is 11. The highest BCUT2D eigenvalue weighted by Crippen LogP contribution is 2.36. The fourth-order valence-electron chi connectivity index (χ4n) is 4.74.